The number of hydrogen-bond acceptors (Lipinski definition) is 2. The van der Waals surface area contributed by atoms with E-state index >= 15 is 0 Å². The van der Waals surface area contributed by atoms with Crippen molar-refractivity contribution in [2.75, 3.05) is 0 Å². The van der Waals surface area contributed by atoms with Crippen molar-refractivity contribution in [2.24, 2.45) is 0 Å². The Morgan fingerprint density at radius 2 is 0.689 bits per heavy atom. The molecule has 0 fully saturated rings. The Kier molecular flexibility index (Phi) is 13.9. The van der Waals surface area contributed by atoms with Gasteiger partial charge in [0.2, 0.25) is 0 Å². The molecule has 0 aliphatic carbocycles. The zero-order valence-corrected chi connectivity index (χ0v) is 26.4. The van der Waals surface area contributed by atoms with Gasteiger partial charge in [0.05, 0.1) is 5.56 Å². The maximum absolute atomic E-state index is 14.1. The zero-order chi connectivity index (χ0) is 35.1. The molecule has 0 N–H and O–H groups in total. The number of hydrogen-bond donors (Lipinski definition) is 0. The molecule has 0 heterocycles. The van der Waals surface area contributed by atoms with Crippen LogP contribution in [0.2, 0.25) is 0 Å². The molecule has 0 saturated carbocycles. The highest BCUT2D eigenvalue weighted by atomic mass is 19.2. The van der Waals surface area contributed by atoms with E-state index < -0.39 is 68.9 Å². The maximum Gasteiger partial charge on any atom is 0.195 e. The minimum Gasteiger partial charge on any atom is -0.203 e. The highest BCUT2D eigenvalue weighted by Crippen LogP contribution is 2.38. The molecule has 0 radical (unpaired) electrons. The van der Waals surface area contributed by atoms with Gasteiger partial charge in [-0.1, -0.05) is 48.5 Å². The van der Waals surface area contributed by atoms with E-state index in [-0.39, 0.29) is 63.2 Å². The number of nitrogens with zero attached hydrogens (tertiary/aromatic N) is 2. The van der Waals surface area contributed by atoms with E-state index in [1.807, 2.05) is 27.7 Å². The Morgan fingerprint density at radius 3 is 1.04 bits per heavy atom. The highest BCUT2D eigenvalue weighted by molar-refractivity contribution is 5.96. The van der Waals surface area contributed by atoms with Crippen LogP contribution in [0.4, 0.5) is 39.5 Å². The molecule has 4 rings (SSSR count). The predicted octanol–water partition coefficient (Wildman–Crippen LogP) is 11.0. The minimum absolute atomic E-state index is 0.0212. The summed E-state index contributed by atoms with van der Waals surface area (Å²) in [6, 6.07) is 2.88. The molecule has 242 valence electrons. The number of rotatable bonds is 3. The van der Waals surface area contributed by atoms with E-state index in [9.17, 15) is 39.5 Å². The van der Waals surface area contributed by atoms with Crippen LogP contribution >= 0.6 is 0 Å². The minimum atomic E-state index is -1.81. The molecule has 0 saturated heterocycles. The van der Waals surface area contributed by atoms with Gasteiger partial charge in [0, 0.05) is 10.8 Å². The molecule has 0 unspecified atom stereocenters. The van der Waals surface area contributed by atoms with Crippen LogP contribution < -0.4 is 0 Å². The lowest BCUT2D eigenvalue weighted by molar-refractivity contribution is 0.448. The Labute approximate surface area is 256 Å². The van der Waals surface area contributed by atoms with Crippen LogP contribution in [0.3, 0.4) is 0 Å². The molecule has 11 heteroatoms. The number of aryl methyl sites for hydroxylation is 5. The van der Waals surface area contributed by atoms with E-state index in [1.165, 1.54) is 19.9 Å². The van der Waals surface area contributed by atoms with Gasteiger partial charge in [0.1, 0.15) is 17.7 Å². The fraction of sp³-hybridized carbons (Fsp3) is 0.353. The summed E-state index contributed by atoms with van der Waals surface area (Å²) in [5.74, 6) is -12.5. The topological polar surface area (TPSA) is 47.6 Å². The van der Waals surface area contributed by atoms with Crippen molar-refractivity contribution in [1.82, 2.24) is 0 Å². The first-order chi connectivity index (χ1) is 21.3. The summed E-state index contributed by atoms with van der Waals surface area (Å²) in [5.41, 5.74) is -2.41. The SMILES string of the molecule is CC.CC.CCc1c(F)c(F)c(C#N)c2c(CC)c(F)c(F)c(C)c12.CCc1c(F)c(F)c(C#N)c2c(F)c(F)c(F)c(C)c12. The molecule has 4 aromatic rings. The van der Waals surface area contributed by atoms with Crippen molar-refractivity contribution < 1.29 is 39.5 Å². The van der Waals surface area contributed by atoms with Crippen molar-refractivity contribution in [3.05, 3.63) is 91.3 Å². The third kappa shape index (κ3) is 6.45. The summed E-state index contributed by atoms with van der Waals surface area (Å²) < 4.78 is 125. The highest BCUT2D eigenvalue weighted by Gasteiger charge is 2.28. The van der Waals surface area contributed by atoms with Crippen LogP contribution in [0.5, 0.6) is 0 Å². The van der Waals surface area contributed by atoms with Crippen molar-refractivity contribution >= 4 is 21.5 Å². The second kappa shape index (κ2) is 16.2. The number of nitriles is 2. The number of fused-ring (bicyclic) bond motifs is 2. The fourth-order valence-corrected chi connectivity index (χ4v) is 5.03. The van der Waals surface area contributed by atoms with Crippen LogP contribution in [-0.2, 0) is 19.3 Å². The molecule has 4 aromatic carbocycles. The summed E-state index contributed by atoms with van der Waals surface area (Å²) in [4.78, 5) is 0. The fourth-order valence-electron chi connectivity index (χ4n) is 5.03. The van der Waals surface area contributed by atoms with E-state index in [2.05, 4.69) is 0 Å². The van der Waals surface area contributed by atoms with Gasteiger partial charge in [-0.15, -0.1) is 0 Å². The van der Waals surface area contributed by atoms with Gasteiger partial charge in [-0.25, -0.2) is 39.5 Å². The van der Waals surface area contributed by atoms with Gasteiger partial charge in [-0.3, -0.25) is 0 Å². The molecule has 0 amide bonds. The monoisotopic (exact) mass is 640 g/mol. The standard InChI is InChI=1S/C16H13F4N.C14H8F5N.2C2H6/c1-4-8-11-7(3)13(17)14(18)9(5-2)12(11)10(6-21)16(20)15(8)19;1-3-6-8-5(2)10(15)14(19)13(18)9(8)7(4-20)12(17)11(6)16;2*1-2/h4-5H2,1-3H3;3H2,1-2H3;2*1-2H3. The first kappa shape index (κ1) is 38.8. The Bertz CT molecular complexity index is 1830. The summed E-state index contributed by atoms with van der Waals surface area (Å²) in [6.45, 7) is 15.0. The third-order valence-electron chi connectivity index (χ3n) is 7.01. The normalized spacial score (nSPS) is 10.2. The molecular formula is C34H33F9N2. The van der Waals surface area contributed by atoms with Crippen molar-refractivity contribution in [3.8, 4) is 12.1 Å². The van der Waals surface area contributed by atoms with Crippen LogP contribution in [-0.4, -0.2) is 0 Å². The third-order valence-corrected chi connectivity index (χ3v) is 7.01. The molecule has 0 atom stereocenters. The second-order valence-electron chi connectivity index (χ2n) is 9.05. The Hall–Kier alpha value is -4.25. The quantitative estimate of drug-likeness (QED) is 0.165. The molecule has 0 aliphatic heterocycles. The molecule has 0 bridgehead atoms. The number of benzene rings is 4. The summed E-state index contributed by atoms with van der Waals surface area (Å²) in [7, 11) is 0. The average Bonchev–Trinajstić information content (AvgIpc) is 3.06. The molecule has 0 spiro atoms. The van der Waals surface area contributed by atoms with Crippen molar-refractivity contribution in [3.63, 3.8) is 0 Å². The lowest BCUT2D eigenvalue weighted by Gasteiger charge is -2.17. The maximum atomic E-state index is 14.1. The van der Waals surface area contributed by atoms with Crippen LogP contribution in [0.15, 0.2) is 0 Å². The van der Waals surface area contributed by atoms with Gasteiger partial charge < -0.3 is 0 Å². The van der Waals surface area contributed by atoms with Gasteiger partial charge >= 0.3 is 0 Å². The lowest BCUT2D eigenvalue weighted by Crippen LogP contribution is -2.07. The van der Waals surface area contributed by atoms with Crippen LogP contribution in [0.1, 0.15) is 87.4 Å². The summed E-state index contributed by atoms with van der Waals surface area (Å²) >= 11 is 0. The molecule has 45 heavy (non-hydrogen) atoms. The predicted molar refractivity (Wildman–Crippen MR) is 157 cm³/mol. The molecular weight excluding hydrogens is 607 g/mol. The molecule has 0 aromatic heterocycles. The summed E-state index contributed by atoms with van der Waals surface area (Å²) in [5, 5.41) is 17.0. The van der Waals surface area contributed by atoms with E-state index in [1.54, 1.807) is 19.9 Å². The first-order valence-electron chi connectivity index (χ1n) is 14.3. The van der Waals surface area contributed by atoms with Gasteiger partial charge in [0.25, 0.3) is 0 Å². The van der Waals surface area contributed by atoms with Gasteiger partial charge in [0.15, 0.2) is 52.4 Å². The average molecular weight is 641 g/mol. The number of halogens is 9. The lowest BCUT2D eigenvalue weighted by atomic mass is 9.89. The van der Waals surface area contributed by atoms with Crippen molar-refractivity contribution in [1.29, 1.82) is 10.5 Å². The largest absolute Gasteiger partial charge is 0.203 e. The molecule has 2 nitrogen and oxygen atoms in total. The van der Waals surface area contributed by atoms with E-state index in [0.29, 0.717) is 0 Å². The van der Waals surface area contributed by atoms with Crippen molar-refractivity contribution in [2.45, 2.75) is 81.6 Å². The van der Waals surface area contributed by atoms with Crippen LogP contribution in [0, 0.1) is 88.9 Å². The Balaban J connectivity index is 0.000000406. The smallest absolute Gasteiger partial charge is 0.195 e. The molecule has 0 aliphatic rings. The summed E-state index contributed by atoms with van der Waals surface area (Å²) in [6.07, 6.45) is 0.124. The second-order valence-corrected chi connectivity index (χ2v) is 9.05. The van der Waals surface area contributed by atoms with E-state index in [0.717, 1.165) is 6.92 Å². The van der Waals surface area contributed by atoms with Gasteiger partial charge in [-0.05, 0) is 71.7 Å². The van der Waals surface area contributed by atoms with E-state index in [4.69, 9.17) is 10.5 Å². The zero-order valence-electron chi connectivity index (χ0n) is 26.4. The van der Waals surface area contributed by atoms with Gasteiger partial charge in [-0.2, -0.15) is 10.5 Å². The first-order valence-corrected chi connectivity index (χ1v) is 14.3. The van der Waals surface area contributed by atoms with Crippen LogP contribution in [0.25, 0.3) is 21.5 Å². The Morgan fingerprint density at radius 1 is 0.400 bits per heavy atom.